The van der Waals surface area contributed by atoms with Gasteiger partial charge in [0.1, 0.15) is 18.3 Å². The number of hydrogen-bond donors (Lipinski definition) is 3. The first-order valence-electron chi connectivity index (χ1n) is 16.5. The molecule has 3 fully saturated rings. The van der Waals surface area contributed by atoms with Gasteiger partial charge in [-0.2, -0.15) is 13.2 Å². The Hall–Kier alpha value is -4.53. The van der Waals surface area contributed by atoms with Gasteiger partial charge in [-0.1, -0.05) is 30.3 Å². The fourth-order valence-corrected chi connectivity index (χ4v) is 6.35. The first kappa shape index (κ1) is 35.3. The van der Waals surface area contributed by atoms with E-state index in [-0.39, 0.29) is 55.0 Å². The Morgan fingerprint density at radius 1 is 0.960 bits per heavy atom. The van der Waals surface area contributed by atoms with Crippen molar-refractivity contribution in [3.05, 3.63) is 88.5 Å². The molecule has 3 aliphatic carbocycles. The third kappa shape index (κ3) is 8.42. The van der Waals surface area contributed by atoms with E-state index < -0.39 is 54.7 Å². The molecular formula is C36H37F3N2O9. The summed E-state index contributed by atoms with van der Waals surface area (Å²) in [6, 6.07) is 12.8. The normalized spacial score (nSPS) is 22.7. The third-order valence-electron chi connectivity index (χ3n) is 8.96. The third-order valence-corrected chi connectivity index (χ3v) is 8.96. The van der Waals surface area contributed by atoms with Crippen LogP contribution in [-0.4, -0.2) is 78.9 Å². The number of benzene rings is 2. The van der Waals surface area contributed by atoms with Gasteiger partial charge in [0.25, 0.3) is 5.91 Å². The number of halogens is 3. The van der Waals surface area contributed by atoms with Crippen LogP contribution in [-0.2, 0) is 35.1 Å². The average molecular weight is 699 g/mol. The largest absolute Gasteiger partial charge is 0.456 e. The smallest absolute Gasteiger partial charge is 0.422 e. The van der Waals surface area contributed by atoms with Crippen LogP contribution in [0.1, 0.15) is 63.9 Å². The van der Waals surface area contributed by atoms with Crippen LogP contribution in [0.25, 0.3) is 6.08 Å². The second kappa shape index (κ2) is 14.8. The van der Waals surface area contributed by atoms with E-state index in [1.165, 1.54) is 18.2 Å². The number of ether oxygens (including phenoxy) is 4. The van der Waals surface area contributed by atoms with Gasteiger partial charge in [-0.25, -0.2) is 9.59 Å². The Morgan fingerprint density at radius 3 is 2.40 bits per heavy atom. The van der Waals surface area contributed by atoms with Crippen molar-refractivity contribution in [1.82, 2.24) is 10.6 Å². The molecule has 2 amide bonds. The number of fused-ring (bicyclic) bond motifs is 1. The fraction of sp³-hybridized carbons (Fsp3) is 0.444. The van der Waals surface area contributed by atoms with Gasteiger partial charge < -0.3 is 34.7 Å². The van der Waals surface area contributed by atoms with Crippen LogP contribution in [0.3, 0.4) is 0 Å². The molecular weight excluding hydrogens is 661 g/mol. The number of rotatable bonds is 13. The lowest BCUT2D eigenvalue weighted by Gasteiger charge is -2.31. The highest BCUT2D eigenvalue weighted by atomic mass is 19.4. The summed E-state index contributed by atoms with van der Waals surface area (Å²) in [4.78, 5) is 51.4. The van der Waals surface area contributed by atoms with E-state index in [1.54, 1.807) is 42.5 Å². The zero-order chi connectivity index (χ0) is 35.5. The van der Waals surface area contributed by atoms with Crippen LogP contribution in [0.5, 0.6) is 0 Å². The van der Waals surface area contributed by atoms with E-state index in [0.29, 0.717) is 16.7 Å². The minimum absolute atomic E-state index is 0.0128. The molecule has 11 nitrogen and oxygen atoms in total. The molecule has 0 unspecified atom stereocenters. The number of aliphatic hydroxyl groups is 1. The zero-order valence-electron chi connectivity index (χ0n) is 26.9. The summed E-state index contributed by atoms with van der Waals surface area (Å²) < 4.78 is 60.8. The minimum Gasteiger partial charge on any atom is -0.456 e. The monoisotopic (exact) mass is 698 g/mol. The van der Waals surface area contributed by atoms with Crippen LogP contribution in [0.2, 0.25) is 0 Å². The highest BCUT2D eigenvalue weighted by Crippen LogP contribution is 2.59. The predicted molar refractivity (Wildman–Crippen MR) is 170 cm³/mol. The van der Waals surface area contributed by atoms with Crippen LogP contribution in [0, 0.1) is 11.8 Å². The Bertz CT molecular complexity index is 1670. The molecule has 1 heterocycles. The van der Waals surface area contributed by atoms with E-state index in [4.69, 9.17) is 19.3 Å². The number of alkyl halides is 3. The Kier molecular flexibility index (Phi) is 10.4. The second-order valence-corrected chi connectivity index (χ2v) is 12.8. The second-order valence-electron chi connectivity index (χ2n) is 12.8. The van der Waals surface area contributed by atoms with E-state index >= 15 is 0 Å². The van der Waals surface area contributed by atoms with Crippen molar-refractivity contribution in [2.45, 2.75) is 68.9 Å². The summed E-state index contributed by atoms with van der Waals surface area (Å²) in [5, 5.41) is 14.4. The van der Waals surface area contributed by atoms with Crippen molar-refractivity contribution in [1.29, 1.82) is 0 Å². The molecule has 4 aliphatic rings. The number of hydrogen-bond acceptors (Lipinski definition) is 9. The molecule has 50 heavy (non-hydrogen) atoms. The van der Waals surface area contributed by atoms with Crippen molar-refractivity contribution in [3.8, 4) is 0 Å². The molecule has 1 saturated heterocycles. The number of aliphatic hydroxyl groups excluding tert-OH is 1. The topological polar surface area (TPSA) is 149 Å². The van der Waals surface area contributed by atoms with Crippen LogP contribution >= 0.6 is 0 Å². The van der Waals surface area contributed by atoms with Crippen LogP contribution in [0.15, 0.2) is 66.3 Å². The van der Waals surface area contributed by atoms with Crippen LogP contribution < -0.4 is 10.6 Å². The van der Waals surface area contributed by atoms with Gasteiger partial charge in [0.15, 0.2) is 12.4 Å². The quantitative estimate of drug-likeness (QED) is 0.209. The molecule has 2 aromatic carbocycles. The molecule has 0 spiro atoms. The van der Waals surface area contributed by atoms with Crippen molar-refractivity contribution < 1.29 is 56.4 Å². The van der Waals surface area contributed by atoms with Gasteiger partial charge in [-0.3, -0.25) is 9.59 Å². The Labute approximate surface area is 285 Å². The first-order valence-corrected chi connectivity index (χ1v) is 16.5. The summed E-state index contributed by atoms with van der Waals surface area (Å²) in [6.45, 7) is -1.72. The molecule has 3 atom stereocenters. The van der Waals surface area contributed by atoms with E-state index in [9.17, 15) is 32.3 Å². The van der Waals surface area contributed by atoms with Gasteiger partial charge in [0, 0.05) is 48.6 Å². The number of amides is 2. The summed E-state index contributed by atoms with van der Waals surface area (Å²) >= 11 is 0. The fourth-order valence-electron chi connectivity index (χ4n) is 6.35. The number of nitrogens with one attached hydrogen (secondary N) is 2. The summed E-state index contributed by atoms with van der Waals surface area (Å²) in [5.41, 5.74) is 1.62. The van der Waals surface area contributed by atoms with Gasteiger partial charge in [-0.05, 0) is 67.2 Å². The predicted octanol–water partition coefficient (Wildman–Crippen LogP) is 4.00. The highest BCUT2D eigenvalue weighted by molar-refractivity contribution is 5.97. The maximum Gasteiger partial charge on any atom is 0.422 e. The minimum atomic E-state index is -4.68. The van der Waals surface area contributed by atoms with Gasteiger partial charge in [0.05, 0.1) is 12.2 Å². The Balaban J connectivity index is 1.18. The molecule has 266 valence electrons. The van der Waals surface area contributed by atoms with Gasteiger partial charge in [0.2, 0.25) is 5.91 Å². The number of esters is 2. The lowest BCUT2D eigenvalue weighted by Crippen LogP contribution is -2.44. The standard InChI is InChI=1S/C36H37F3N2O9/c37-35(38,39)20-47-30(43)13-8-22-5-1-2-7-27(22)34(46)48-28-17-24(18-29-31(28)50-36(49-29,25-9-10-25)26-11-12-26)33(45)41-19-21-4-3-6-23(16-21)32(44)40-14-15-42/h1-8,13,16,18,25-26,28-29,31,42H,9-12,14-15,17,19-20H2,(H,40,44)(H,41,45)/t28-,29-,31+/m1/s1. The summed E-state index contributed by atoms with van der Waals surface area (Å²) in [6.07, 6.45) is 0.515. The van der Waals surface area contributed by atoms with Crippen LogP contribution in [0.4, 0.5) is 13.2 Å². The first-order chi connectivity index (χ1) is 24.0. The molecule has 0 bridgehead atoms. The molecule has 2 saturated carbocycles. The highest BCUT2D eigenvalue weighted by Gasteiger charge is 2.64. The lowest BCUT2D eigenvalue weighted by molar-refractivity contribution is -0.209. The van der Waals surface area contributed by atoms with E-state index in [2.05, 4.69) is 15.4 Å². The maximum atomic E-state index is 13.6. The van der Waals surface area contributed by atoms with Crippen molar-refractivity contribution in [2.75, 3.05) is 19.8 Å². The molecule has 3 N–H and O–H groups in total. The zero-order valence-corrected chi connectivity index (χ0v) is 26.9. The molecule has 0 radical (unpaired) electrons. The molecule has 6 rings (SSSR count). The number of carbonyl (C=O) groups is 4. The lowest BCUT2D eigenvalue weighted by atomic mass is 9.91. The number of carbonyl (C=O) groups excluding carboxylic acids is 4. The summed E-state index contributed by atoms with van der Waals surface area (Å²) in [5.74, 6) is -3.21. The molecule has 2 aromatic rings. The Morgan fingerprint density at radius 2 is 1.70 bits per heavy atom. The summed E-state index contributed by atoms with van der Waals surface area (Å²) in [7, 11) is 0. The van der Waals surface area contributed by atoms with Crippen molar-refractivity contribution in [3.63, 3.8) is 0 Å². The molecule has 1 aliphatic heterocycles. The van der Waals surface area contributed by atoms with Gasteiger partial charge >= 0.3 is 18.1 Å². The van der Waals surface area contributed by atoms with Crippen molar-refractivity contribution >= 4 is 29.8 Å². The van der Waals surface area contributed by atoms with Gasteiger partial charge in [-0.15, -0.1) is 0 Å². The van der Waals surface area contributed by atoms with E-state index in [1.807, 2.05) is 0 Å². The molecule has 14 heteroatoms. The van der Waals surface area contributed by atoms with E-state index in [0.717, 1.165) is 31.8 Å². The van der Waals surface area contributed by atoms with Crippen molar-refractivity contribution in [2.24, 2.45) is 11.8 Å². The average Bonchev–Trinajstić information content (AvgIpc) is 4.05. The maximum absolute atomic E-state index is 13.6. The SMILES string of the molecule is O=C(C=Cc1ccccc1C(=O)O[C@@H]1CC(C(=O)NCc2cccc(C(=O)NCCO)c2)=C[C@H]2OC(C3CC3)(C3CC3)O[C@H]21)OCC(F)(F)F. The molecule has 0 aromatic heterocycles.